The van der Waals surface area contributed by atoms with Gasteiger partial charge in [0.2, 0.25) is 11.7 Å². The van der Waals surface area contributed by atoms with Crippen LogP contribution in [0, 0.1) is 34.5 Å². The van der Waals surface area contributed by atoms with Gasteiger partial charge in [-0.05, 0) is 55.8 Å². The monoisotopic (exact) mass is 518 g/mol. The van der Waals surface area contributed by atoms with Crippen LogP contribution in [0.3, 0.4) is 0 Å². The van der Waals surface area contributed by atoms with E-state index in [1.807, 2.05) is 41.5 Å². The largest absolute Gasteiger partial charge is 0.363 e. The van der Waals surface area contributed by atoms with Crippen molar-refractivity contribution >= 4 is 29.4 Å². The van der Waals surface area contributed by atoms with Crippen molar-refractivity contribution < 1.29 is 24.0 Å². The fraction of sp³-hybridized carbons (Fsp3) is 0.821. The minimum Gasteiger partial charge on any atom is -0.363 e. The highest BCUT2D eigenvalue weighted by atomic mass is 16.2. The van der Waals surface area contributed by atoms with Gasteiger partial charge in [-0.2, -0.15) is 0 Å². The number of fused-ring (bicyclic) bond motifs is 1. The molecule has 0 spiro atoms. The fourth-order valence-corrected chi connectivity index (χ4v) is 6.18. The molecule has 2 aliphatic carbocycles. The number of ketones is 2. The molecule has 9 nitrogen and oxygen atoms in total. The minimum absolute atomic E-state index is 0.0130. The molecule has 0 aromatic carbocycles. The maximum absolute atomic E-state index is 13.9. The van der Waals surface area contributed by atoms with Crippen molar-refractivity contribution in [1.82, 2.24) is 15.5 Å². The summed E-state index contributed by atoms with van der Waals surface area (Å²) in [4.78, 5) is 66.4. The summed E-state index contributed by atoms with van der Waals surface area (Å²) in [5, 5.41) is 5.69. The number of urea groups is 1. The molecule has 0 radical (unpaired) electrons. The molecular weight excluding hydrogens is 472 g/mol. The zero-order valence-corrected chi connectivity index (χ0v) is 23.8. The van der Waals surface area contributed by atoms with Crippen molar-refractivity contribution in [2.75, 3.05) is 6.54 Å². The van der Waals surface area contributed by atoms with Crippen LogP contribution in [0.2, 0.25) is 0 Å². The Bertz CT molecular complexity index is 957. The first kappa shape index (κ1) is 29.1. The van der Waals surface area contributed by atoms with Crippen molar-refractivity contribution in [3.8, 4) is 0 Å². The summed E-state index contributed by atoms with van der Waals surface area (Å²) >= 11 is 0. The number of amides is 4. The van der Waals surface area contributed by atoms with Crippen LogP contribution in [0.25, 0.3) is 0 Å². The molecule has 0 aromatic heterocycles. The maximum atomic E-state index is 13.9. The molecule has 37 heavy (non-hydrogen) atoms. The predicted molar refractivity (Wildman–Crippen MR) is 140 cm³/mol. The lowest BCUT2D eigenvalue weighted by molar-refractivity contribution is -0.144. The lowest BCUT2D eigenvalue weighted by Crippen LogP contribution is -2.60. The second kappa shape index (κ2) is 10.0. The summed E-state index contributed by atoms with van der Waals surface area (Å²) in [6, 6.07) is -1.97. The Morgan fingerprint density at radius 1 is 1.03 bits per heavy atom. The quantitative estimate of drug-likeness (QED) is 0.403. The molecule has 1 aliphatic heterocycles. The van der Waals surface area contributed by atoms with E-state index in [0.717, 1.165) is 19.3 Å². The molecule has 4 N–H and O–H groups in total. The van der Waals surface area contributed by atoms with Crippen molar-refractivity contribution in [1.29, 1.82) is 0 Å². The van der Waals surface area contributed by atoms with Crippen LogP contribution < -0.4 is 16.4 Å². The van der Waals surface area contributed by atoms with Gasteiger partial charge in [0.15, 0.2) is 5.78 Å². The highest BCUT2D eigenvalue weighted by molar-refractivity contribution is 6.36. The molecule has 0 aromatic rings. The summed E-state index contributed by atoms with van der Waals surface area (Å²) in [5.41, 5.74) is 4.15. The first-order chi connectivity index (χ1) is 16.8. The first-order valence-electron chi connectivity index (χ1n) is 13.6. The van der Waals surface area contributed by atoms with Crippen LogP contribution in [0.4, 0.5) is 4.79 Å². The third-order valence-corrected chi connectivity index (χ3v) is 8.60. The number of piperidine rings is 1. The van der Waals surface area contributed by atoms with Gasteiger partial charge in [-0.25, -0.2) is 4.79 Å². The van der Waals surface area contributed by atoms with Crippen LogP contribution in [0.1, 0.15) is 87.5 Å². The van der Waals surface area contributed by atoms with Gasteiger partial charge >= 0.3 is 6.03 Å². The lowest BCUT2D eigenvalue weighted by atomic mass is 9.76. The number of nitrogens with two attached hydrogens (primary N) is 1. The predicted octanol–water partition coefficient (Wildman–Crippen LogP) is 2.80. The third-order valence-electron chi connectivity index (χ3n) is 8.60. The number of rotatable bonds is 9. The number of carbonyl (C=O) groups excluding carboxylic acids is 5. The standard InChI is InChI=1S/C28H46N4O5/c1-26(2,3)22(30-25(37)31-27(4,5)6)24(36)32-14-17-19(28(17,7)8)20(32)18(33)13-16(21(34)23(29)35)12-15-10-9-11-15/h15-17,19-20,22H,9-14H2,1-8H3,(H2,29,35)(H2,30,31,37)/t16-,17?,19+,20-,22-/m1/s1. The second-order valence-electron chi connectivity index (χ2n) is 14.2. The summed E-state index contributed by atoms with van der Waals surface area (Å²) < 4.78 is 0. The average Bonchev–Trinajstić information content (AvgIpc) is 3.06. The van der Waals surface area contributed by atoms with Gasteiger partial charge in [-0.15, -0.1) is 0 Å². The van der Waals surface area contributed by atoms with E-state index in [4.69, 9.17) is 5.73 Å². The smallest absolute Gasteiger partial charge is 0.315 e. The molecule has 9 heteroatoms. The Balaban J connectivity index is 1.83. The van der Waals surface area contributed by atoms with E-state index in [0.29, 0.717) is 18.9 Å². The van der Waals surface area contributed by atoms with Crippen LogP contribution in [0.15, 0.2) is 0 Å². The molecule has 1 unspecified atom stereocenters. The second-order valence-corrected chi connectivity index (χ2v) is 14.2. The topological polar surface area (TPSA) is 139 Å². The van der Waals surface area contributed by atoms with Crippen molar-refractivity contribution in [2.45, 2.75) is 105 Å². The molecule has 5 atom stereocenters. The number of hydrogen-bond acceptors (Lipinski definition) is 5. The molecule has 2 saturated carbocycles. The lowest BCUT2D eigenvalue weighted by Gasteiger charge is -2.38. The Morgan fingerprint density at radius 2 is 1.62 bits per heavy atom. The molecule has 3 aliphatic rings. The maximum Gasteiger partial charge on any atom is 0.315 e. The number of nitrogens with one attached hydrogen (secondary N) is 2. The molecule has 0 bridgehead atoms. The Kier molecular flexibility index (Phi) is 7.89. The van der Waals surface area contributed by atoms with Crippen LogP contribution in [-0.2, 0) is 19.2 Å². The van der Waals surface area contributed by atoms with E-state index >= 15 is 0 Å². The Labute approximate surface area is 221 Å². The Hall–Kier alpha value is -2.45. The third kappa shape index (κ3) is 6.34. The zero-order chi connectivity index (χ0) is 28.1. The molecule has 1 heterocycles. The summed E-state index contributed by atoms with van der Waals surface area (Å²) in [7, 11) is 0. The van der Waals surface area contributed by atoms with E-state index in [2.05, 4.69) is 24.5 Å². The Morgan fingerprint density at radius 3 is 2.08 bits per heavy atom. The van der Waals surface area contributed by atoms with E-state index in [9.17, 15) is 24.0 Å². The normalized spacial score (nSPS) is 26.4. The van der Waals surface area contributed by atoms with Gasteiger partial charge in [-0.1, -0.05) is 53.9 Å². The van der Waals surface area contributed by atoms with Gasteiger partial charge in [0.05, 0.1) is 6.04 Å². The van der Waals surface area contributed by atoms with E-state index < -0.39 is 46.7 Å². The summed E-state index contributed by atoms with van der Waals surface area (Å²) in [5.74, 6) is -2.47. The number of likely N-dealkylation sites (tertiary alicyclic amines) is 1. The number of Topliss-reactive ketones (excluding diaryl/α,β-unsaturated/α-hetero) is 2. The van der Waals surface area contributed by atoms with Gasteiger partial charge < -0.3 is 21.3 Å². The van der Waals surface area contributed by atoms with E-state index in [-0.39, 0.29) is 35.4 Å². The van der Waals surface area contributed by atoms with E-state index in [1.165, 1.54) is 0 Å². The van der Waals surface area contributed by atoms with Crippen molar-refractivity contribution in [2.24, 2.45) is 40.2 Å². The van der Waals surface area contributed by atoms with Crippen LogP contribution in [-0.4, -0.2) is 58.5 Å². The number of primary amides is 1. The van der Waals surface area contributed by atoms with Crippen LogP contribution in [0.5, 0.6) is 0 Å². The minimum atomic E-state index is -1.01. The van der Waals surface area contributed by atoms with Crippen molar-refractivity contribution in [3.05, 3.63) is 0 Å². The number of nitrogens with zero attached hydrogens (tertiary/aromatic N) is 1. The molecule has 3 rings (SSSR count). The first-order valence-corrected chi connectivity index (χ1v) is 13.6. The van der Waals surface area contributed by atoms with Gasteiger partial charge in [-0.3, -0.25) is 19.2 Å². The SMILES string of the molecule is CC(C)(C)NC(=O)N[C@H](C(=O)N1CC2[C@@H]([C@H]1C(=O)C[C@@H](CC1CCC1)C(=O)C(N)=O)C2(C)C)C(C)(C)C. The summed E-state index contributed by atoms with van der Waals surface area (Å²) in [6.07, 6.45) is 3.44. The zero-order valence-electron chi connectivity index (χ0n) is 23.8. The molecule has 3 fully saturated rings. The van der Waals surface area contributed by atoms with Gasteiger partial charge in [0.1, 0.15) is 6.04 Å². The highest BCUT2D eigenvalue weighted by Gasteiger charge is 2.69. The molecule has 1 saturated heterocycles. The fourth-order valence-electron chi connectivity index (χ4n) is 6.18. The highest BCUT2D eigenvalue weighted by Crippen LogP contribution is 2.65. The molecule has 4 amide bonds. The van der Waals surface area contributed by atoms with Crippen molar-refractivity contribution in [3.63, 3.8) is 0 Å². The number of carbonyl (C=O) groups is 5. The average molecular weight is 519 g/mol. The van der Waals surface area contributed by atoms with Crippen LogP contribution >= 0.6 is 0 Å². The summed E-state index contributed by atoms with van der Waals surface area (Å²) in [6.45, 7) is 15.8. The molecular formula is C28H46N4O5. The van der Waals surface area contributed by atoms with Gasteiger partial charge in [0, 0.05) is 24.4 Å². The van der Waals surface area contributed by atoms with E-state index in [1.54, 1.807) is 4.90 Å². The van der Waals surface area contributed by atoms with Gasteiger partial charge in [0.25, 0.3) is 5.91 Å². The molecule has 208 valence electrons. The number of hydrogen-bond donors (Lipinski definition) is 3.